The van der Waals surface area contributed by atoms with Gasteiger partial charge < -0.3 is 10.4 Å². The standard InChI is InChI=1S/C9H11NO2.CH4/c1-6-3-4-7(8(11)5-6)9(12)10-2;/h3-5,11H,1-2H3,(H,10,12);1H4. The molecule has 13 heavy (non-hydrogen) atoms. The minimum Gasteiger partial charge on any atom is -0.507 e. The van der Waals surface area contributed by atoms with Gasteiger partial charge in [-0.25, -0.2) is 0 Å². The van der Waals surface area contributed by atoms with Crippen LogP contribution in [0.25, 0.3) is 0 Å². The first-order valence-corrected chi connectivity index (χ1v) is 3.67. The van der Waals surface area contributed by atoms with Gasteiger partial charge in [-0.15, -0.1) is 0 Å². The average Bonchev–Trinajstić information content (AvgIpc) is 2.03. The van der Waals surface area contributed by atoms with Crippen LogP contribution in [0.3, 0.4) is 0 Å². The molecule has 0 aliphatic carbocycles. The molecule has 0 aliphatic heterocycles. The van der Waals surface area contributed by atoms with Crippen molar-refractivity contribution in [1.82, 2.24) is 5.32 Å². The summed E-state index contributed by atoms with van der Waals surface area (Å²) in [6.45, 7) is 1.85. The molecule has 0 heterocycles. The van der Waals surface area contributed by atoms with Crippen molar-refractivity contribution in [3.8, 4) is 5.75 Å². The zero-order valence-corrected chi connectivity index (χ0v) is 7.09. The molecule has 0 saturated heterocycles. The van der Waals surface area contributed by atoms with Crippen LogP contribution in [0.5, 0.6) is 5.75 Å². The van der Waals surface area contributed by atoms with Crippen LogP contribution in [0.15, 0.2) is 18.2 Å². The summed E-state index contributed by atoms with van der Waals surface area (Å²) in [5.41, 5.74) is 1.24. The summed E-state index contributed by atoms with van der Waals surface area (Å²) in [5.74, 6) is -0.248. The van der Waals surface area contributed by atoms with Gasteiger partial charge in [-0.3, -0.25) is 4.79 Å². The molecule has 0 aromatic heterocycles. The third-order valence-corrected chi connectivity index (χ3v) is 1.62. The van der Waals surface area contributed by atoms with E-state index in [0.717, 1.165) is 5.56 Å². The second-order valence-corrected chi connectivity index (χ2v) is 2.60. The summed E-state index contributed by atoms with van der Waals surface area (Å²) in [4.78, 5) is 11.1. The zero-order valence-electron chi connectivity index (χ0n) is 7.09. The van der Waals surface area contributed by atoms with Crippen molar-refractivity contribution in [2.45, 2.75) is 14.4 Å². The van der Waals surface area contributed by atoms with Crippen molar-refractivity contribution in [2.24, 2.45) is 0 Å². The molecule has 0 bridgehead atoms. The number of phenolic OH excluding ortho intramolecular Hbond substituents is 1. The van der Waals surface area contributed by atoms with E-state index in [1.165, 1.54) is 7.05 Å². The summed E-state index contributed by atoms with van der Waals surface area (Å²) < 4.78 is 0. The number of rotatable bonds is 1. The van der Waals surface area contributed by atoms with Crippen LogP contribution >= 0.6 is 0 Å². The molecule has 0 spiro atoms. The number of aryl methyl sites for hydroxylation is 1. The minimum absolute atomic E-state index is 0. The van der Waals surface area contributed by atoms with Crippen molar-refractivity contribution in [1.29, 1.82) is 0 Å². The Bertz CT molecular complexity index is 308. The Morgan fingerprint density at radius 2 is 2.08 bits per heavy atom. The Balaban J connectivity index is 0.00000144. The van der Waals surface area contributed by atoms with Crippen LogP contribution < -0.4 is 5.32 Å². The minimum atomic E-state index is -0.271. The number of aromatic hydroxyl groups is 1. The number of carbonyl (C=O) groups is 1. The zero-order chi connectivity index (χ0) is 9.14. The van der Waals surface area contributed by atoms with Crippen LogP contribution in [0.1, 0.15) is 23.3 Å². The fourth-order valence-electron chi connectivity index (χ4n) is 0.968. The van der Waals surface area contributed by atoms with Gasteiger partial charge in [0.2, 0.25) is 0 Å². The normalized spacial score (nSPS) is 8.77. The molecule has 2 N–H and O–H groups in total. The lowest BCUT2D eigenvalue weighted by atomic mass is 10.1. The monoisotopic (exact) mass is 181 g/mol. The smallest absolute Gasteiger partial charge is 0.254 e. The van der Waals surface area contributed by atoms with Crippen molar-refractivity contribution in [2.75, 3.05) is 7.05 Å². The highest BCUT2D eigenvalue weighted by Crippen LogP contribution is 2.17. The van der Waals surface area contributed by atoms with Crippen LogP contribution in [0.4, 0.5) is 0 Å². The highest BCUT2D eigenvalue weighted by atomic mass is 16.3. The van der Waals surface area contributed by atoms with E-state index in [4.69, 9.17) is 0 Å². The van der Waals surface area contributed by atoms with E-state index in [1.54, 1.807) is 18.2 Å². The molecular formula is C10H15NO2. The van der Waals surface area contributed by atoms with Gasteiger partial charge in [-0.05, 0) is 24.6 Å². The first-order valence-electron chi connectivity index (χ1n) is 3.67. The van der Waals surface area contributed by atoms with Gasteiger partial charge in [0.05, 0.1) is 5.56 Å². The van der Waals surface area contributed by atoms with Gasteiger partial charge in [0.1, 0.15) is 5.75 Å². The number of amides is 1. The molecule has 0 saturated carbocycles. The molecule has 0 unspecified atom stereocenters. The summed E-state index contributed by atoms with van der Waals surface area (Å²) in [6, 6.07) is 4.94. The van der Waals surface area contributed by atoms with Crippen molar-refractivity contribution in [3.63, 3.8) is 0 Å². The molecule has 3 nitrogen and oxygen atoms in total. The van der Waals surface area contributed by atoms with E-state index in [2.05, 4.69) is 5.32 Å². The summed E-state index contributed by atoms with van der Waals surface area (Å²) in [6.07, 6.45) is 0. The number of nitrogens with one attached hydrogen (secondary N) is 1. The highest BCUT2D eigenvalue weighted by Gasteiger charge is 2.07. The maximum absolute atomic E-state index is 11.1. The number of carbonyl (C=O) groups excluding carboxylic acids is 1. The SMILES string of the molecule is C.CNC(=O)c1ccc(C)cc1O. The predicted molar refractivity (Wildman–Crippen MR) is 53.0 cm³/mol. The van der Waals surface area contributed by atoms with Gasteiger partial charge in [-0.1, -0.05) is 13.5 Å². The van der Waals surface area contributed by atoms with Crippen LogP contribution in [0.2, 0.25) is 0 Å². The fraction of sp³-hybridized carbons (Fsp3) is 0.300. The molecule has 3 heteroatoms. The molecule has 0 fully saturated rings. The topological polar surface area (TPSA) is 49.3 Å². The molecule has 0 aliphatic rings. The molecule has 1 aromatic rings. The Morgan fingerprint density at radius 3 is 2.54 bits per heavy atom. The van der Waals surface area contributed by atoms with E-state index in [-0.39, 0.29) is 19.1 Å². The largest absolute Gasteiger partial charge is 0.507 e. The van der Waals surface area contributed by atoms with E-state index in [9.17, 15) is 9.90 Å². The molecule has 0 atom stereocenters. The van der Waals surface area contributed by atoms with E-state index in [0.29, 0.717) is 5.56 Å². The Hall–Kier alpha value is -1.51. The number of hydrogen-bond donors (Lipinski definition) is 2. The van der Waals surface area contributed by atoms with Crippen molar-refractivity contribution in [3.05, 3.63) is 29.3 Å². The lowest BCUT2D eigenvalue weighted by Gasteiger charge is -2.02. The van der Waals surface area contributed by atoms with E-state index in [1.807, 2.05) is 6.92 Å². The van der Waals surface area contributed by atoms with Crippen LogP contribution in [-0.4, -0.2) is 18.1 Å². The molecule has 1 amide bonds. The average molecular weight is 181 g/mol. The van der Waals surface area contributed by atoms with Crippen molar-refractivity contribution < 1.29 is 9.90 Å². The van der Waals surface area contributed by atoms with Gasteiger partial charge in [0.15, 0.2) is 0 Å². The second-order valence-electron chi connectivity index (χ2n) is 2.60. The maximum atomic E-state index is 11.1. The molecule has 1 aromatic carbocycles. The maximum Gasteiger partial charge on any atom is 0.254 e. The lowest BCUT2D eigenvalue weighted by Crippen LogP contribution is -2.17. The quantitative estimate of drug-likeness (QED) is 0.692. The molecule has 0 radical (unpaired) electrons. The molecule has 72 valence electrons. The Kier molecular flexibility index (Phi) is 3.98. The predicted octanol–water partition coefficient (Wildman–Crippen LogP) is 1.70. The van der Waals surface area contributed by atoms with Crippen LogP contribution in [-0.2, 0) is 0 Å². The number of benzene rings is 1. The summed E-state index contributed by atoms with van der Waals surface area (Å²) in [7, 11) is 1.53. The first kappa shape index (κ1) is 11.5. The lowest BCUT2D eigenvalue weighted by molar-refractivity contribution is 0.0960. The summed E-state index contributed by atoms with van der Waals surface area (Å²) in [5, 5.41) is 11.8. The number of phenols is 1. The van der Waals surface area contributed by atoms with E-state index >= 15 is 0 Å². The number of hydrogen-bond acceptors (Lipinski definition) is 2. The van der Waals surface area contributed by atoms with Gasteiger partial charge in [-0.2, -0.15) is 0 Å². The second kappa shape index (κ2) is 4.50. The third-order valence-electron chi connectivity index (χ3n) is 1.62. The first-order chi connectivity index (χ1) is 5.65. The van der Waals surface area contributed by atoms with E-state index < -0.39 is 0 Å². The van der Waals surface area contributed by atoms with Gasteiger partial charge in [0, 0.05) is 7.05 Å². The van der Waals surface area contributed by atoms with Crippen molar-refractivity contribution >= 4 is 5.91 Å². The summed E-state index contributed by atoms with van der Waals surface area (Å²) >= 11 is 0. The van der Waals surface area contributed by atoms with Gasteiger partial charge in [0.25, 0.3) is 5.91 Å². The van der Waals surface area contributed by atoms with Gasteiger partial charge >= 0.3 is 0 Å². The third kappa shape index (κ3) is 2.47. The Morgan fingerprint density at radius 1 is 1.46 bits per heavy atom. The highest BCUT2D eigenvalue weighted by molar-refractivity contribution is 5.96. The van der Waals surface area contributed by atoms with Crippen LogP contribution in [0, 0.1) is 6.92 Å². The molecule has 1 rings (SSSR count). The Labute approximate surface area is 78.4 Å². The molecular weight excluding hydrogens is 166 g/mol. The fourth-order valence-corrected chi connectivity index (χ4v) is 0.968.